The Labute approximate surface area is 110 Å². The maximum absolute atomic E-state index is 11.6. The molecule has 2 bridgehead atoms. The van der Waals surface area contributed by atoms with Crippen LogP contribution in [0, 0.1) is 17.8 Å². The van der Waals surface area contributed by atoms with Gasteiger partial charge in [-0.05, 0) is 37.0 Å². The Morgan fingerprint density at radius 3 is 2.94 bits per heavy atom. The van der Waals surface area contributed by atoms with E-state index in [0.29, 0.717) is 29.4 Å². The molecule has 0 spiro atoms. The van der Waals surface area contributed by atoms with E-state index in [2.05, 4.69) is 15.6 Å². The third-order valence-electron chi connectivity index (χ3n) is 4.14. The van der Waals surface area contributed by atoms with E-state index < -0.39 is 0 Å². The Bertz CT molecular complexity index is 421. The zero-order valence-electron chi connectivity index (χ0n) is 10.0. The van der Waals surface area contributed by atoms with E-state index in [9.17, 15) is 9.90 Å². The summed E-state index contributed by atoms with van der Waals surface area (Å²) in [7, 11) is 0. The van der Waals surface area contributed by atoms with Crippen molar-refractivity contribution in [1.82, 2.24) is 10.3 Å². The zero-order chi connectivity index (χ0) is 12.5. The first-order valence-corrected chi connectivity index (χ1v) is 7.22. The number of carbonyl (C=O) groups excluding carboxylic acids is 1. The number of nitrogens with zero attached hydrogens (tertiary/aromatic N) is 1. The Morgan fingerprint density at radius 2 is 2.33 bits per heavy atom. The lowest BCUT2D eigenvalue weighted by Crippen LogP contribution is -2.36. The fourth-order valence-corrected chi connectivity index (χ4v) is 3.79. The van der Waals surface area contributed by atoms with E-state index >= 15 is 0 Å². The number of amides is 2. The quantitative estimate of drug-likeness (QED) is 0.780. The third kappa shape index (κ3) is 2.35. The number of thiazole rings is 1. The van der Waals surface area contributed by atoms with Crippen LogP contribution >= 0.6 is 11.3 Å². The molecule has 18 heavy (non-hydrogen) atoms. The van der Waals surface area contributed by atoms with Gasteiger partial charge in [-0.15, -0.1) is 11.3 Å². The van der Waals surface area contributed by atoms with Crippen LogP contribution in [0.25, 0.3) is 0 Å². The summed E-state index contributed by atoms with van der Waals surface area (Å²) in [6, 6.07) is -0.187. The third-order valence-corrected chi connectivity index (χ3v) is 4.83. The minimum absolute atomic E-state index is 0.101. The second kappa shape index (κ2) is 4.85. The number of fused-ring (bicyclic) bond motifs is 2. The predicted octanol–water partition coefficient (Wildman–Crippen LogP) is 1.67. The molecular weight excluding hydrogens is 250 g/mol. The molecule has 5 nitrogen and oxygen atoms in total. The number of aliphatic hydroxyl groups excluding tert-OH is 1. The maximum atomic E-state index is 11.6. The molecule has 3 N–H and O–H groups in total. The first kappa shape index (κ1) is 11.9. The summed E-state index contributed by atoms with van der Waals surface area (Å²) < 4.78 is 0. The molecule has 0 aliphatic heterocycles. The Morgan fingerprint density at radius 1 is 1.44 bits per heavy atom. The highest BCUT2D eigenvalue weighted by atomic mass is 32.1. The van der Waals surface area contributed by atoms with Gasteiger partial charge in [0.25, 0.3) is 0 Å². The van der Waals surface area contributed by atoms with E-state index in [0.717, 1.165) is 19.3 Å². The van der Waals surface area contributed by atoms with E-state index in [1.165, 1.54) is 11.3 Å². The number of aromatic nitrogens is 1. The summed E-state index contributed by atoms with van der Waals surface area (Å²) in [5, 5.41) is 17.7. The molecule has 0 aromatic carbocycles. The van der Waals surface area contributed by atoms with Gasteiger partial charge in [0.1, 0.15) is 0 Å². The Hall–Kier alpha value is -1.14. The molecule has 2 amide bonds. The highest BCUT2D eigenvalue weighted by Gasteiger charge is 2.44. The van der Waals surface area contributed by atoms with E-state index in [-0.39, 0.29) is 12.1 Å². The number of anilines is 1. The van der Waals surface area contributed by atoms with Gasteiger partial charge in [0.2, 0.25) is 0 Å². The van der Waals surface area contributed by atoms with Crippen molar-refractivity contribution in [2.75, 3.05) is 11.9 Å². The molecule has 0 saturated heterocycles. The van der Waals surface area contributed by atoms with Crippen LogP contribution in [0.2, 0.25) is 0 Å². The van der Waals surface area contributed by atoms with Crippen LogP contribution in [-0.4, -0.2) is 28.8 Å². The SMILES string of the molecule is O=C(NC[C@@H]1C[C@H]2C[C@@H]1C[C@H]2O)Nc1nccs1. The van der Waals surface area contributed by atoms with Gasteiger partial charge in [0, 0.05) is 18.1 Å². The number of hydrogen-bond donors (Lipinski definition) is 3. The lowest BCUT2D eigenvalue weighted by molar-refractivity contribution is 0.0954. The number of aliphatic hydroxyl groups is 1. The van der Waals surface area contributed by atoms with Gasteiger partial charge in [-0.25, -0.2) is 9.78 Å². The van der Waals surface area contributed by atoms with Crippen molar-refractivity contribution in [2.24, 2.45) is 17.8 Å². The number of nitrogens with one attached hydrogen (secondary N) is 2. The summed E-state index contributed by atoms with van der Waals surface area (Å²) in [5.41, 5.74) is 0. The van der Waals surface area contributed by atoms with Gasteiger partial charge in [0.05, 0.1) is 6.10 Å². The highest BCUT2D eigenvalue weighted by molar-refractivity contribution is 7.13. The molecule has 2 aliphatic rings. The number of carbonyl (C=O) groups is 1. The smallest absolute Gasteiger partial charge is 0.321 e. The first-order chi connectivity index (χ1) is 8.72. The average molecular weight is 267 g/mol. The minimum atomic E-state index is -0.187. The standard InChI is InChI=1S/C12H17N3O2S/c16-10-5-7-3-8(10)4-9(7)6-14-11(17)15-12-13-1-2-18-12/h1-2,7-10,16H,3-6H2,(H2,13,14,15,17)/t7-,8-,9+,10-/m1/s1. The molecule has 2 saturated carbocycles. The number of hydrogen-bond acceptors (Lipinski definition) is 4. The molecule has 0 unspecified atom stereocenters. The average Bonchev–Trinajstić information content (AvgIpc) is 3.02. The van der Waals surface area contributed by atoms with Gasteiger partial charge in [0.15, 0.2) is 5.13 Å². The summed E-state index contributed by atoms with van der Waals surface area (Å²) in [6.07, 6.45) is 4.64. The van der Waals surface area contributed by atoms with Gasteiger partial charge in [-0.3, -0.25) is 5.32 Å². The minimum Gasteiger partial charge on any atom is -0.393 e. The molecule has 4 atom stereocenters. The summed E-state index contributed by atoms with van der Waals surface area (Å²) >= 11 is 1.41. The molecule has 1 aromatic rings. The van der Waals surface area contributed by atoms with Gasteiger partial charge in [-0.2, -0.15) is 0 Å². The summed E-state index contributed by atoms with van der Waals surface area (Å²) in [5.74, 6) is 1.58. The van der Waals surface area contributed by atoms with E-state index in [4.69, 9.17) is 0 Å². The fourth-order valence-electron chi connectivity index (χ4n) is 3.26. The molecular formula is C12H17N3O2S. The monoisotopic (exact) mass is 267 g/mol. The molecule has 1 heterocycles. The molecule has 98 valence electrons. The number of rotatable bonds is 3. The topological polar surface area (TPSA) is 74.2 Å². The van der Waals surface area contributed by atoms with Crippen molar-refractivity contribution in [2.45, 2.75) is 25.4 Å². The molecule has 2 aliphatic carbocycles. The van der Waals surface area contributed by atoms with Crippen molar-refractivity contribution in [1.29, 1.82) is 0 Å². The van der Waals surface area contributed by atoms with Crippen LogP contribution in [0.15, 0.2) is 11.6 Å². The first-order valence-electron chi connectivity index (χ1n) is 6.35. The Kier molecular flexibility index (Phi) is 3.22. The normalized spacial score (nSPS) is 33.6. The van der Waals surface area contributed by atoms with E-state index in [1.807, 2.05) is 5.38 Å². The summed E-state index contributed by atoms with van der Waals surface area (Å²) in [4.78, 5) is 15.6. The highest BCUT2D eigenvalue weighted by Crippen LogP contribution is 2.48. The Balaban J connectivity index is 1.44. The second-order valence-electron chi connectivity index (χ2n) is 5.23. The van der Waals surface area contributed by atoms with Crippen LogP contribution in [0.3, 0.4) is 0 Å². The molecule has 0 radical (unpaired) electrons. The molecule has 6 heteroatoms. The van der Waals surface area contributed by atoms with Crippen molar-refractivity contribution in [3.63, 3.8) is 0 Å². The van der Waals surface area contributed by atoms with Crippen LogP contribution in [-0.2, 0) is 0 Å². The van der Waals surface area contributed by atoms with Gasteiger partial charge in [-0.1, -0.05) is 0 Å². The molecule has 1 aromatic heterocycles. The second-order valence-corrected chi connectivity index (χ2v) is 6.12. The van der Waals surface area contributed by atoms with Gasteiger partial charge >= 0.3 is 6.03 Å². The van der Waals surface area contributed by atoms with Crippen LogP contribution in [0.4, 0.5) is 9.93 Å². The van der Waals surface area contributed by atoms with E-state index in [1.54, 1.807) is 6.20 Å². The van der Waals surface area contributed by atoms with Crippen molar-refractivity contribution >= 4 is 22.5 Å². The van der Waals surface area contributed by atoms with Crippen LogP contribution < -0.4 is 10.6 Å². The summed E-state index contributed by atoms with van der Waals surface area (Å²) in [6.45, 7) is 0.699. The number of urea groups is 1. The zero-order valence-corrected chi connectivity index (χ0v) is 10.8. The largest absolute Gasteiger partial charge is 0.393 e. The van der Waals surface area contributed by atoms with Crippen LogP contribution in [0.5, 0.6) is 0 Å². The van der Waals surface area contributed by atoms with Crippen LogP contribution in [0.1, 0.15) is 19.3 Å². The van der Waals surface area contributed by atoms with Crippen molar-refractivity contribution in [3.05, 3.63) is 11.6 Å². The van der Waals surface area contributed by atoms with Crippen molar-refractivity contribution in [3.8, 4) is 0 Å². The fraction of sp³-hybridized carbons (Fsp3) is 0.667. The van der Waals surface area contributed by atoms with Crippen molar-refractivity contribution < 1.29 is 9.90 Å². The lowest BCUT2D eigenvalue weighted by Gasteiger charge is -2.24. The lowest BCUT2D eigenvalue weighted by atomic mass is 9.87. The molecule has 2 fully saturated rings. The molecule has 3 rings (SSSR count). The predicted molar refractivity (Wildman–Crippen MR) is 69.5 cm³/mol. The maximum Gasteiger partial charge on any atom is 0.321 e. The van der Waals surface area contributed by atoms with Gasteiger partial charge < -0.3 is 10.4 Å².